The summed E-state index contributed by atoms with van der Waals surface area (Å²) in [7, 11) is 0. The number of nitrogens with one attached hydrogen (secondary N) is 1. The third kappa shape index (κ3) is 2.78. The molecule has 106 valence electrons. The smallest absolute Gasteiger partial charge is 0.271 e. The Morgan fingerprint density at radius 2 is 1.80 bits per heavy atom. The topological polar surface area (TPSA) is 50.9 Å². The van der Waals surface area contributed by atoms with Gasteiger partial charge >= 0.3 is 6.18 Å². The Balaban J connectivity index is 2.57. The van der Waals surface area contributed by atoms with Gasteiger partial charge in [0.2, 0.25) is 0 Å². The molecule has 0 radical (unpaired) electrons. The van der Waals surface area contributed by atoms with E-state index in [0.29, 0.717) is 0 Å². The zero-order valence-electron chi connectivity index (χ0n) is 10.2. The number of pyridine rings is 1. The van der Waals surface area contributed by atoms with E-state index in [1.165, 1.54) is 30.5 Å². The van der Waals surface area contributed by atoms with Gasteiger partial charge in [0.1, 0.15) is 5.82 Å². The number of benzene rings is 1. The third-order valence-electron chi connectivity index (χ3n) is 2.80. The molecule has 0 amide bonds. The molecular formula is C13H11F4N3. The SMILES string of the molecule is NNC(c1ccccc1C(F)(F)F)c1ncccc1F. The summed E-state index contributed by atoms with van der Waals surface area (Å²) in [5.41, 5.74) is 0.935. The minimum Gasteiger partial charge on any atom is -0.271 e. The Morgan fingerprint density at radius 1 is 1.10 bits per heavy atom. The third-order valence-corrected chi connectivity index (χ3v) is 2.80. The standard InChI is InChI=1S/C13H11F4N3/c14-10-6-3-7-19-12(10)11(20-18)8-4-1-2-5-9(8)13(15,16)17/h1-7,11,20H,18H2. The summed E-state index contributed by atoms with van der Waals surface area (Å²) in [6.07, 6.45) is -3.27. The van der Waals surface area contributed by atoms with Crippen molar-refractivity contribution in [3.8, 4) is 0 Å². The lowest BCUT2D eigenvalue weighted by molar-refractivity contribution is -0.138. The van der Waals surface area contributed by atoms with Crippen LogP contribution in [-0.4, -0.2) is 4.98 Å². The van der Waals surface area contributed by atoms with Gasteiger partial charge in [-0.15, -0.1) is 0 Å². The van der Waals surface area contributed by atoms with Crippen molar-refractivity contribution in [1.82, 2.24) is 10.4 Å². The number of alkyl halides is 3. The van der Waals surface area contributed by atoms with Gasteiger partial charge in [-0.2, -0.15) is 13.2 Å². The van der Waals surface area contributed by atoms with E-state index in [2.05, 4.69) is 10.4 Å². The van der Waals surface area contributed by atoms with Crippen molar-refractivity contribution in [3.05, 3.63) is 65.2 Å². The minimum absolute atomic E-state index is 0.180. The van der Waals surface area contributed by atoms with Gasteiger partial charge in [0.05, 0.1) is 17.3 Å². The maximum absolute atomic E-state index is 13.7. The average Bonchev–Trinajstić information content (AvgIpc) is 2.41. The van der Waals surface area contributed by atoms with Gasteiger partial charge in [-0.25, -0.2) is 9.82 Å². The van der Waals surface area contributed by atoms with Gasteiger partial charge in [-0.05, 0) is 23.8 Å². The molecule has 2 aromatic rings. The second-order valence-corrected chi connectivity index (χ2v) is 4.06. The molecule has 20 heavy (non-hydrogen) atoms. The molecule has 0 fully saturated rings. The Kier molecular flexibility index (Phi) is 4.01. The van der Waals surface area contributed by atoms with Crippen LogP contribution in [0.25, 0.3) is 0 Å². The van der Waals surface area contributed by atoms with Crippen LogP contribution in [0.5, 0.6) is 0 Å². The molecule has 0 saturated heterocycles. The molecule has 0 bridgehead atoms. The average molecular weight is 285 g/mol. The minimum atomic E-state index is -4.56. The Bertz CT molecular complexity index is 598. The fourth-order valence-corrected chi connectivity index (χ4v) is 1.93. The van der Waals surface area contributed by atoms with Crippen LogP contribution in [0.3, 0.4) is 0 Å². The molecule has 0 saturated carbocycles. The van der Waals surface area contributed by atoms with Crippen molar-refractivity contribution in [2.75, 3.05) is 0 Å². The summed E-state index contributed by atoms with van der Waals surface area (Å²) in [5.74, 6) is 4.56. The van der Waals surface area contributed by atoms with Gasteiger partial charge < -0.3 is 0 Å². The van der Waals surface area contributed by atoms with Crippen LogP contribution in [0.4, 0.5) is 17.6 Å². The molecule has 3 N–H and O–H groups in total. The van der Waals surface area contributed by atoms with Crippen LogP contribution in [0.2, 0.25) is 0 Å². The van der Waals surface area contributed by atoms with E-state index in [9.17, 15) is 17.6 Å². The van der Waals surface area contributed by atoms with Crippen molar-refractivity contribution in [3.63, 3.8) is 0 Å². The van der Waals surface area contributed by atoms with Crippen molar-refractivity contribution >= 4 is 0 Å². The second-order valence-electron chi connectivity index (χ2n) is 4.06. The summed E-state index contributed by atoms with van der Waals surface area (Å²) in [6, 6.07) is 6.12. The van der Waals surface area contributed by atoms with E-state index in [1.54, 1.807) is 0 Å². The largest absolute Gasteiger partial charge is 0.416 e. The number of hydrogen-bond acceptors (Lipinski definition) is 3. The first kappa shape index (κ1) is 14.4. The Morgan fingerprint density at radius 3 is 2.40 bits per heavy atom. The van der Waals surface area contributed by atoms with E-state index in [1.807, 2.05) is 0 Å². The van der Waals surface area contributed by atoms with E-state index in [0.717, 1.165) is 12.1 Å². The first-order valence-corrected chi connectivity index (χ1v) is 5.68. The highest BCUT2D eigenvalue weighted by Gasteiger charge is 2.35. The number of hydrogen-bond donors (Lipinski definition) is 2. The first-order valence-electron chi connectivity index (χ1n) is 5.68. The number of nitrogens with zero attached hydrogens (tertiary/aromatic N) is 1. The number of hydrazine groups is 1. The summed E-state index contributed by atoms with van der Waals surface area (Å²) in [5, 5.41) is 0. The maximum atomic E-state index is 13.7. The highest BCUT2D eigenvalue weighted by Crippen LogP contribution is 2.36. The summed E-state index contributed by atoms with van der Waals surface area (Å²) < 4.78 is 52.6. The predicted molar refractivity (Wildman–Crippen MR) is 64.8 cm³/mol. The van der Waals surface area contributed by atoms with Crippen LogP contribution in [0, 0.1) is 5.82 Å². The zero-order chi connectivity index (χ0) is 14.8. The quantitative estimate of drug-likeness (QED) is 0.518. The molecule has 2 rings (SSSR count). The summed E-state index contributed by atoms with van der Waals surface area (Å²) >= 11 is 0. The number of rotatable bonds is 3. The van der Waals surface area contributed by atoms with E-state index >= 15 is 0 Å². The molecule has 7 heteroatoms. The van der Waals surface area contributed by atoms with Gasteiger partial charge in [-0.3, -0.25) is 10.8 Å². The van der Waals surface area contributed by atoms with Gasteiger partial charge in [-0.1, -0.05) is 18.2 Å². The first-order chi connectivity index (χ1) is 9.45. The fourth-order valence-electron chi connectivity index (χ4n) is 1.93. The lowest BCUT2D eigenvalue weighted by atomic mass is 9.97. The molecule has 1 heterocycles. The lowest BCUT2D eigenvalue weighted by Crippen LogP contribution is -2.32. The van der Waals surface area contributed by atoms with Crippen molar-refractivity contribution in [2.45, 2.75) is 12.2 Å². The normalized spacial score (nSPS) is 13.2. The molecule has 1 unspecified atom stereocenters. The van der Waals surface area contributed by atoms with Crippen molar-refractivity contribution in [1.29, 1.82) is 0 Å². The van der Waals surface area contributed by atoms with E-state index < -0.39 is 23.6 Å². The van der Waals surface area contributed by atoms with Crippen LogP contribution < -0.4 is 11.3 Å². The van der Waals surface area contributed by atoms with Gasteiger partial charge in [0, 0.05) is 6.20 Å². The molecule has 0 aliphatic heterocycles. The monoisotopic (exact) mass is 285 g/mol. The van der Waals surface area contributed by atoms with E-state index in [-0.39, 0.29) is 11.3 Å². The fraction of sp³-hybridized carbons (Fsp3) is 0.154. The number of aromatic nitrogens is 1. The van der Waals surface area contributed by atoms with Crippen LogP contribution in [0.1, 0.15) is 22.9 Å². The second kappa shape index (κ2) is 5.56. The molecule has 0 spiro atoms. The maximum Gasteiger partial charge on any atom is 0.416 e. The van der Waals surface area contributed by atoms with Gasteiger partial charge in [0.25, 0.3) is 0 Å². The number of halogens is 4. The molecule has 3 nitrogen and oxygen atoms in total. The predicted octanol–water partition coefficient (Wildman–Crippen LogP) is 2.79. The highest BCUT2D eigenvalue weighted by atomic mass is 19.4. The number of nitrogens with two attached hydrogens (primary N) is 1. The Hall–Kier alpha value is -1.99. The summed E-state index contributed by atoms with van der Waals surface area (Å²) in [4.78, 5) is 3.76. The molecule has 1 atom stereocenters. The molecule has 0 aliphatic rings. The van der Waals surface area contributed by atoms with Crippen molar-refractivity contribution < 1.29 is 17.6 Å². The van der Waals surface area contributed by atoms with Crippen LogP contribution in [0.15, 0.2) is 42.6 Å². The zero-order valence-corrected chi connectivity index (χ0v) is 10.2. The summed E-state index contributed by atoms with van der Waals surface area (Å²) in [6.45, 7) is 0. The van der Waals surface area contributed by atoms with Crippen LogP contribution >= 0.6 is 0 Å². The molecule has 0 aliphatic carbocycles. The van der Waals surface area contributed by atoms with Gasteiger partial charge in [0.15, 0.2) is 0 Å². The molecule has 1 aromatic heterocycles. The molecular weight excluding hydrogens is 274 g/mol. The van der Waals surface area contributed by atoms with Crippen molar-refractivity contribution in [2.24, 2.45) is 5.84 Å². The molecule has 1 aromatic carbocycles. The highest BCUT2D eigenvalue weighted by molar-refractivity contribution is 5.37. The Labute approximate surface area is 112 Å². The lowest BCUT2D eigenvalue weighted by Gasteiger charge is -2.20. The van der Waals surface area contributed by atoms with E-state index in [4.69, 9.17) is 5.84 Å². The van der Waals surface area contributed by atoms with Crippen LogP contribution in [-0.2, 0) is 6.18 Å².